The van der Waals surface area contributed by atoms with Gasteiger partial charge in [-0.25, -0.2) is 0 Å². The molecule has 1 aliphatic heterocycles. The van der Waals surface area contributed by atoms with E-state index in [1.165, 1.54) is 16.9 Å². The van der Waals surface area contributed by atoms with Crippen molar-refractivity contribution in [2.24, 2.45) is 0 Å². The number of amides is 1. The van der Waals surface area contributed by atoms with Gasteiger partial charge in [-0.2, -0.15) is 5.10 Å². The molecule has 39 heavy (non-hydrogen) atoms. The Labute approximate surface area is 232 Å². The van der Waals surface area contributed by atoms with Crippen LogP contribution in [0.5, 0.6) is 5.75 Å². The van der Waals surface area contributed by atoms with Crippen molar-refractivity contribution < 1.29 is 14.3 Å². The molecule has 0 aliphatic carbocycles. The second kappa shape index (κ2) is 12.3. The highest BCUT2D eigenvalue weighted by molar-refractivity contribution is 7.15. The molecule has 10 heteroatoms. The minimum Gasteiger partial charge on any atom is -0.496 e. The standard InChI is InChI=1S/C29H32N6O3S/c1-20-16-22(12-14-24(20)37-2)17-26(36)30-28-35-34-27(39-28)11-7-6-10-23-13-15-25(33-32-23)31-29(19-38-29)18-21-8-4-3-5-9-21/h3-5,8-9,12-16H,6-7,10-11,17-19H2,1-2H3,(H,31,33)(H,30,35,36). The van der Waals surface area contributed by atoms with Gasteiger partial charge in [-0.05, 0) is 61.1 Å². The quantitative estimate of drug-likeness (QED) is 0.183. The van der Waals surface area contributed by atoms with E-state index < -0.39 is 0 Å². The number of anilines is 2. The van der Waals surface area contributed by atoms with E-state index in [4.69, 9.17) is 9.47 Å². The van der Waals surface area contributed by atoms with Gasteiger partial charge >= 0.3 is 0 Å². The zero-order valence-electron chi connectivity index (χ0n) is 22.1. The average Bonchev–Trinajstić information content (AvgIpc) is 3.53. The van der Waals surface area contributed by atoms with E-state index in [2.05, 4.69) is 43.2 Å². The molecule has 1 fully saturated rings. The summed E-state index contributed by atoms with van der Waals surface area (Å²) in [4.78, 5) is 12.4. The van der Waals surface area contributed by atoms with Crippen LogP contribution in [0.25, 0.3) is 0 Å². The number of nitrogens with zero attached hydrogens (tertiary/aromatic N) is 4. The van der Waals surface area contributed by atoms with Crippen LogP contribution in [0.4, 0.5) is 10.9 Å². The molecule has 2 N–H and O–H groups in total. The lowest BCUT2D eigenvalue weighted by Crippen LogP contribution is -2.26. The Kier molecular flexibility index (Phi) is 8.43. The average molecular weight is 545 g/mol. The highest BCUT2D eigenvalue weighted by Crippen LogP contribution is 2.32. The van der Waals surface area contributed by atoms with Gasteiger partial charge < -0.3 is 20.1 Å². The van der Waals surface area contributed by atoms with Crippen LogP contribution in [0.3, 0.4) is 0 Å². The summed E-state index contributed by atoms with van der Waals surface area (Å²) < 4.78 is 11.0. The molecule has 0 radical (unpaired) electrons. The number of rotatable bonds is 13. The number of hydrogen-bond donors (Lipinski definition) is 2. The van der Waals surface area contributed by atoms with Crippen LogP contribution in [0.1, 0.15) is 40.2 Å². The molecule has 9 nitrogen and oxygen atoms in total. The molecule has 2 aromatic carbocycles. The first kappa shape index (κ1) is 26.7. The number of nitrogens with one attached hydrogen (secondary N) is 2. The number of epoxide rings is 1. The van der Waals surface area contributed by atoms with E-state index in [-0.39, 0.29) is 18.1 Å². The number of carbonyl (C=O) groups excluding carboxylic acids is 1. The Morgan fingerprint density at radius 1 is 1.00 bits per heavy atom. The highest BCUT2D eigenvalue weighted by Gasteiger charge is 2.45. The third-order valence-corrected chi connectivity index (χ3v) is 7.41. The molecule has 0 bridgehead atoms. The smallest absolute Gasteiger partial charge is 0.230 e. The second-order valence-electron chi connectivity index (χ2n) is 9.72. The molecule has 1 unspecified atom stereocenters. The molecular weight excluding hydrogens is 512 g/mol. The summed E-state index contributed by atoms with van der Waals surface area (Å²) in [7, 11) is 1.64. The first-order chi connectivity index (χ1) is 19.0. The summed E-state index contributed by atoms with van der Waals surface area (Å²) in [6.07, 6.45) is 4.61. The van der Waals surface area contributed by atoms with Gasteiger partial charge in [0.05, 0.1) is 25.8 Å². The predicted octanol–water partition coefficient (Wildman–Crippen LogP) is 4.77. The van der Waals surface area contributed by atoms with Crippen LogP contribution in [-0.4, -0.2) is 45.7 Å². The number of carbonyl (C=O) groups is 1. The fourth-order valence-electron chi connectivity index (χ4n) is 4.41. The van der Waals surface area contributed by atoms with Gasteiger partial charge in [-0.1, -0.05) is 53.8 Å². The number of hydrogen-bond acceptors (Lipinski definition) is 9. The molecule has 0 saturated carbocycles. The van der Waals surface area contributed by atoms with Gasteiger partial charge in [0.2, 0.25) is 11.0 Å². The van der Waals surface area contributed by atoms with Crippen LogP contribution in [-0.2, 0) is 35.2 Å². The number of unbranched alkanes of at least 4 members (excludes halogenated alkanes) is 1. The van der Waals surface area contributed by atoms with Gasteiger partial charge in [0.1, 0.15) is 10.8 Å². The molecule has 5 rings (SSSR count). The number of benzene rings is 2. The lowest BCUT2D eigenvalue weighted by Gasteiger charge is -2.14. The number of methoxy groups -OCH3 is 1. The molecule has 1 atom stereocenters. The van der Waals surface area contributed by atoms with Gasteiger partial charge in [-0.3, -0.25) is 4.79 Å². The lowest BCUT2D eigenvalue weighted by atomic mass is 10.1. The van der Waals surface area contributed by atoms with Crippen LogP contribution in [0.2, 0.25) is 0 Å². The topological polar surface area (TPSA) is 114 Å². The molecular formula is C29H32N6O3S. The maximum atomic E-state index is 12.4. The number of aryl methyl sites for hydroxylation is 3. The fraction of sp³-hybridized carbons (Fsp3) is 0.345. The van der Waals surface area contributed by atoms with E-state index in [0.29, 0.717) is 11.7 Å². The normalized spacial score (nSPS) is 16.1. The summed E-state index contributed by atoms with van der Waals surface area (Å²) in [6.45, 7) is 2.62. The molecule has 3 heterocycles. The highest BCUT2D eigenvalue weighted by atomic mass is 32.1. The summed E-state index contributed by atoms with van der Waals surface area (Å²) in [6, 6.07) is 20.0. The van der Waals surface area contributed by atoms with Crippen molar-refractivity contribution in [1.29, 1.82) is 0 Å². The van der Waals surface area contributed by atoms with Gasteiger partial charge in [0.15, 0.2) is 11.5 Å². The number of aromatic nitrogens is 4. The van der Waals surface area contributed by atoms with E-state index in [0.717, 1.165) is 65.5 Å². The Hall–Kier alpha value is -3.89. The largest absolute Gasteiger partial charge is 0.496 e. The minimum absolute atomic E-state index is 0.113. The van der Waals surface area contributed by atoms with Gasteiger partial charge in [0, 0.05) is 12.8 Å². The summed E-state index contributed by atoms with van der Waals surface area (Å²) in [5.41, 5.74) is 3.72. The molecule has 1 aliphatic rings. The third kappa shape index (κ3) is 7.58. The summed E-state index contributed by atoms with van der Waals surface area (Å²) in [5.74, 6) is 1.42. The molecule has 2 aromatic heterocycles. The Bertz CT molecular complexity index is 1390. The van der Waals surface area contributed by atoms with Crippen molar-refractivity contribution >= 4 is 28.2 Å². The van der Waals surface area contributed by atoms with Crippen molar-refractivity contribution in [2.75, 3.05) is 24.4 Å². The van der Waals surface area contributed by atoms with Crippen LogP contribution < -0.4 is 15.4 Å². The molecule has 4 aromatic rings. The molecule has 1 amide bonds. The lowest BCUT2D eigenvalue weighted by molar-refractivity contribution is -0.115. The zero-order valence-corrected chi connectivity index (χ0v) is 23.0. The Morgan fingerprint density at radius 2 is 1.82 bits per heavy atom. The van der Waals surface area contributed by atoms with Gasteiger partial charge in [-0.15, -0.1) is 15.3 Å². The van der Waals surface area contributed by atoms with Crippen molar-refractivity contribution in [1.82, 2.24) is 20.4 Å². The van der Waals surface area contributed by atoms with E-state index in [1.54, 1.807) is 7.11 Å². The first-order valence-electron chi connectivity index (χ1n) is 13.0. The molecule has 1 saturated heterocycles. The summed E-state index contributed by atoms with van der Waals surface area (Å²) >= 11 is 1.42. The number of ether oxygens (including phenoxy) is 2. The SMILES string of the molecule is COc1ccc(CC(=O)Nc2nnc(CCCCc3ccc(NC4(Cc5ccccc5)CO4)nn3)s2)cc1C. The third-order valence-electron chi connectivity index (χ3n) is 6.51. The first-order valence-corrected chi connectivity index (χ1v) is 13.9. The maximum Gasteiger partial charge on any atom is 0.230 e. The van der Waals surface area contributed by atoms with Crippen molar-refractivity contribution in [3.63, 3.8) is 0 Å². The van der Waals surface area contributed by atoms with E-state index in [1.807, 2.05) is 55.5 Å². The monoisotopic (exact) mass is 544 g/mol. The molecule has 0 spiro atoms. The van der Waals surface area contributed by atoms with Crippen molar-refractivity contribution in [2.45, 2.75) is 51.2 Å². The van der Waals surface area contributed by atoms with Crippen molar-refractivity contribution in [3.05, 3.63) is 88.1 Å². The van der Waals surface area contributed by atoms with Crippen LogP contribution >= 0.6 is 11.3 Å². The maximum absolute atomic E-state index is 12.4. The van der Waals surface area contributed by atoms with E-state index in [9.17, 15) is 4.79 Å². The van der Waals surface area contributed by atoms with Gasteiger partial charge in [0.25, 0.3) is 0 Å². The fourth-order valence-corrected chi connectivity index (χ4v) is 5.21. The van der Waals surface area contributed by atoms with Crippen LogP contribution in [0, 0.1) is 6.92 Å². The van der Waals surface area contributed by atoms with Crippen molar-refractivity contribution in [3.8, 4) is 5.75 Å². The summed E-state index contributed by atoms with van der Waals surface area (Å²) in [5, 5.41) is 24.8. The second-order valence-corrected chi connectivity index (χ2v) is 10.8. The zero-order chi connectivity index (χ0) is 27.1. The van der Waals surface area contributed by atoms with Crippen LogP contribution in [0.15, 0.2) is 60.7 Å². The van der Waals surface area contributed by atoms with E-state index >= 15 is 0 Å². The minimum atomic E-state index is -0.383. The molecule has 202 valence electrons. The Morgan fingerprint density at radius 3 is 2.54 bits per heavy atom. The predicted molar refractivity (Wildman–Crippen MR) is 151 cm³/mol. The Balaban J connectivity index is 1.02.